The van der Waals surface area contributed by atoms with E-state index in [1.54, 1.807) is 18.4 Å². The fraction of sp³-hybridized carbons (Fsp3) is 0.333. The molecule has 4 aromatic rings. The van der Waals surface area contributed by atoms with Gasteiger partial charge >= 0.3 is 0 Å². The van der Waals surface area contributed by atoms with Crippen LogP contribution in [-0.2, 0) is 18.6 Å². The molecule has 154 valence electrons. The van der Waals surface area contributed by atoms with Crippen molar-refractivity contribution in [3.8, 4) is 17.2 Å². The molecule has 7 nitrogen and oxygen atoms in total. The highest BCUT2D eigenvalue weighted by Gasteiger charge is 2.23. The molecule has 1 aliphatic rings. The maximum Gasteiger partial charge on any atom is 0.277 e. The summed E-state index contributed by atoms with van der Waals surface area (Å²) in [6, 6.07) is 7.43. The Balaban J connectivity index is 1.34. The number of nitrogens with one attached hydrogen (secondary N) is 1. The van der Waals surface area contributed by atoms with Crippen molar-refractivity contribution in [1.29, 1.82) is 0 Å². The second kappa shape index (κ2) is 7.88. The molecule has 0 amide bonds. The molecule has 0 fully saturated rings. The molecule has 0 saturated carbocycles. The molecular formula is C21H20N4O3S2. The Morgan fingerprint density at radius 3 is 2.93 bits per heavy atom. The molecule has 1 unspecified atom stereocenters. The molecule has 0 bridgehead atoms. The fourth-order valence-electron chi connectivity index (χ4n) is 3.71. The first-order valence-corrected chi connectivity index (χ1v) is 11.5. The number of aromatic amines is 1. The van der Waals surface area contributed by atoms with Gasteiger partial charge in [0, 0.05) is 10.4 Å². The molecule has 30 heavy (non-hydrogen) atoms. The number of aryl methyl sites for hydroxylation is 1. The van der Waals surface area contributed by atoms with E-state index in [0.717, 1.165) is 40.8 Å². The number of hydrogen-bond acceptors (Lipinski definition) is 8. The number of H-pyrrole nitrogens is 1. The average Bonchev–Trinajstić information content (AvgIpc) is 3.36. The molecule has 0 saturated heterocycles. The molecule has 0 radical (unpaired) electrons. The molecular weight excluding hydrogens is 420 g/mol. The summed E-state index contributed by atoms with van der Waals surface area (Å²) in [5.74, 6) is 2.94. The fourth-order valence-corrected chi connectivity index (χ4v) is 5.75. The Bertz CT molecular complexity index is 1260. The quantitative estimate of drug-likeness (QED) is 0.458. The van der Waals surface area contributed by atoms with Crippen molar-refractivity contribution in [2.24, 2.45) is 5.92 Å². The molecule has 1 N–H and O–H groups in total. The van der Waals surface area contributed by atoms with E-state index in [9.17, 15) is 4.79 Å². The molecule has 0 spiro atoms. The second-order valence-electron chi connectivity index (χ2n) is 7.43. The maximum absolute atomic E-state index is 12.7. The van der Waals surface area contributed by atoms with E-state index >= 15 is 0 Å². The highest BCUT2D eigenvalue weighted by atomic mass is 32.2. The number of methoxy groups -OCH3 is 1. The van der Waals surface area contributed by atoms with Gasteiger partial charge in [0.25, 0.3) is 10.8 Å². The summed E-state index contributed by atoms with van der Waals surface area (Å²) in [6.07, 6.45) is 3.13. The third-order valence-corrected chi connectivity index (χ3v) is 7.27. The van der Waals surface area contributed by atoms with Crippen molar-refractivity contribution >= 4 is 33.3 Å². The summed E-state index contributed by atoms with van der Waals surface area (Å²) in [5, 5.41) is 9.40. The van der Waals surface area contributed by atoms with Gasteiger partial charge in [0.15, 0.2) is 0 Å². The molecule has 1 aromatic carbocycles. The number of fused-ring (bicyclic) bond motifs is 3. The minimum absolute atomic E-state index is 0.0490. The summed E-state index contributed by atoms with van der Waals surface area (Å²) >= 11 is 3.01. The van der Waals surface area contributed by atoms with Gasteiger partial charge in [-0.15, -0.1) is 21.5 Å². The minimum Gasteiger partial charge on any atom is -0.497 e. The Hall–Kier alpha value is -2.65. The lowest BCUT2D eigenvalue weighted by atomic mass is 9.89. The van der Waals surface area contributed by atoms with Crippen molar-refractivity contribution in [2.45, 2.75) is 37.2 Å². The van der Waals surface area contributed by atoms with Crippen molar-refractivity contribution in [1.82, 2.24) is 20.2 Å². The van der Waals surface area contributed by atoms with Crippen molar-refractivity contribution in [3.05, 3.63) is 50.9 Å². The molecule has 3 aromatic heterocycles. The van der Waals surface area contributed by atoms with Gasteiger partial charge in [-0.05, 0) is 55.0 Å². The van der Waals surface area contributed by atoms with Gasteiger partial charge in [0.2, 0.25) is 5.89 Å². The Morgan fingerprint density at radius 2 is 2.13 bits per heavy atom. The summed E-state index contributed by atoms with van der Waals surface area (Å²) in [4.78, 5) is 22.5. The lowest BCUT2D eigenvalue weighted by molar-refractivity contribution is 0.414. The van der Waals surface area contributed by atoms with Crippen LogP contribution in [0.15, 0.2) is 38.7 Å². The van der Waals surface area contributed by atoms with Gasteiger partial charge in [-0.2, -0.15) is 0 Å². The number of ether oxygens (including phenoxy) is 1. The normalized spacial score (nSPS) is 16.0. The van der Waals surface area contributed by atoms with E-state index < -0.39 is 0 Å². The lowest BCUT2D eigenvalue weighted by Gasteiger charge is -2.17. The van der Waals surface area contributed by atoms with Crippen LogP contribution in [-0.4, -0.2) is 27.3 Å². The lowest BCUT2D eigenvalue weighted by Crippen LogP contribution is -2.14. The largest absolute Gasteiger partial charge is 0.497 e. The predicted octanol–water partition coefficient (Wildman–Crippen LogP) is 4.46. The van der Waals surface area contributed by atoms with E-state index in [2.05, 4.69) is 22.1 Å². The summed E-state index contributed by atoms with van der Waals surface area (Å²) in [6.45, 7) is 2.26. The first-order chi connectivity index (χ1) is 14.6. The Kier molecular flexibility index (Phi) is 5.08. The topological polar surface area (TPSA) is 93.9 Å². The standard InChI is InChI=1S/C21H20N4O3S2/c1-11-3-8-14-15(9-11)30-20-17(14)18(26)22-16(23-20)10-29-21-25-24-19(28-21)12-4-6-13(27-2)7-5-12/h4-7,11H,3,8-10H2,1-2H3,(H,22,23,26). The van der Waals surface area contributed by atoms with Crippen LogP contribution in [0.3, 0.4) is 0 Å². The number of aromatic nitrogens is 4. The number of thioether (sulfide) groups is 1. The van der Waals surface area contributed by atoms with E-state index in [1.165, 1.54) is 22.2 Å². The maximum atomic E-state index is 12.7. The van der Waals surface area contributed by atoms with Crippen molar-refractivity contribution < 1.29 is 9.15 Å². The first kappa shape index (κ1) is 19.3. The number of nitrogens with zero attached hydrogens (tertiary/aromatic N) is 3. The molecule has 1 aliphatic carbocycles. The van der Waals surface area contributed by atoms with Crippen LogP contribution >= 0.6 is 23.1 Å². The van der Waals surface area contributed by atoms with Crippen LogP contribution in [0, 0.1) is 5.92 Å². The van der Waals surface area contributed by atoms with E-state index in [0.29, 0.717) is 28.6 Å². The molecule has 5 rings (SSSR count). The van der Waals surface area contributed by atoms with Gasteiger partial charge < -0.3 is 14.1 Å². The van der Waals surface area contributed by atoms with Gasteiger partial charge in [0.1, 0.15) is 16.4 Å². The minimum atomic E-state index is -0.0490. The zero-order valence-electron chi connectivity index (χ0n) is 16.6. The van der Waals surface area contributed by atoms with Crippen LogP contribution in [0.1, 0.15) is 29.6 Å². The third-order valence-electron chi connectivity index (χ3n) is 5.29. The molecule has 3 heterocycles. The molecule has 0 aliphatic heterocycles. The number of hydrogen-bond donors (Lipinski definition) is 1. The van der Waals surface area contributed by atoms with Crippen LogP contribution in [0.2, 0.25) is 0 Å². The summed E-state index contributed by atoms with van der Waals surface area (Å²) in [5.41, 5.74) is 1.97. The molecule has 9 heteroatoms. The SMILES string of the molecule is COc1ccc(-c2nnc(SCc3nc4sc5c(c4c(=O)[nH]3)CCC(C)C5)o2)cc1. The highest BCUT2D eigenvalue weighted by Crippen LogP contribution is 2.36. The predicted molar refractivity (Wildman–Crippen MR) is 117 cm³/mol. The van der Waals surface area contributed by atoms with Gasteiger partial charge in [-0.3, -0.25) is 4.79 Å². The van der Waals surface area contributed by atoms with Gasteiger partial charge in [0.05, 0.1) is 18.2 Å². The zero-order valence-corrected chi connectivity index (χ0v) is 18.2. The Morgan fingerprint density at radius 1 is 1.30 bits per heavy atom. The number of rotatable bonds is 5. The van der Waals surface area contributed by atoms with Crippen LogP contribution in [0.25, 0.3) is 21.7 Å². The van der Waals surface area contributed by atoms with Crippen LogP contribution in [0.4, 0.5) is 0 Å². The van der Waals surface area contributed by atoms with Crippen molar-refractivity contribution in [2.75, 3.05) is 7.11 Å². The number of thiophene rings is 1. The number of benzene rings is 1. The summed E-state index contributed by atoms with van der Waals surface area (Å²) < 4.78 is 10.9. The van der Waals surface area contributed by atoms with Gasteiger partial charge in [-0.1, -0.05) is 18.7 Å². The third kappa shape index (κ3) is 3.63. The van der Waals surface area contributed by atoms with Gasteiger partial charge in [-0.25, -0.2) is 4.98 Å². The van der Waals surface area contributed by atoms with Crippen LogP contribution in [0.5, 0.6) is 5.75 Å². The second-order valence-corrected chi connectivity index (χ2v) is 9.45. The highest BCUT2D eigenvalue weighted by molar-refractivity contribution is 7.98. The Labute approximate surface area is 180 Å². The summed E-state index contributed by atoms with van der Waals surface area (Å²) in [7, 11) is 1.62. The smallest absolute Gasteiger partial charge is 0.277 e. The molecule has 1 atom stereocenters. The van der Waals surface area contributed by atoms with Crippen LogP contribution < -0.4 is 10.3 Å². The average molecular weight is 441 g/mol. The van der Waals surface area contributed by atoms with E-state index in [4.69, 9.17) is 14.1 Å². The van der Waals surface area contributed by atoms with E-state index in [1.807, 2.05) is 24.3 Å². The van der Waals surface area contributed by atoms with Crippen molar-refractivity contribution in [3.63, 3.8) is 0 Å². The first-order valence-electron chi connectivity index (χ1n) is 9.75. The monoisotopic (exact) mass is 440 g/mol. The van der Waals surface area contributed by atoms with E-state index in [-0.39, 0.29) is 5.56 Å². The zero-order chi connectivity index (χ0) is 20.7.